The molecule has 246 valence electrons. The van der Waals surface area contributed by atoms with E-state index < -0.39 is 60.4 Å². The second-order valence-electron chi connectivity index (χ2n) is 11.5. The minimum absolute atomic E-state index is 0.0804. The van der Waals surface area contributed by atoms with Crippen LogP contribution in [0, 0.1) is 5.92 Å². The largest absolute Gasteiger partial charge is 0.381 e. The Balaban J connectivity index is 2.01. The summed E-state index contributed by atoms with van der Waals surface area (Å²) in [6.45, 7) is 3.39. The number of amides is 5. The molecule has 1 aromatic carbocycles. The minimum Gasteiger partial charge on any atom is -0.381 e. The normalized spacial score (nSPS) is 16.8. The maximum atomic E-state index is 13.4. The molecule has 0 aliphatic heterocycles. The fourth-order valence-corrected chi connectivity index (χ4v) is 5.61. The Hall–Kier alpha value is -3.08. The number of nitrogens with one attached hydrogen (secondary N) is 5. The summed E-state index contributed by atoms with van der Waals surface area (Å²) in [5, 5.41) is 23.8. The van der Waals surface area contributed by atoms with Crippen LogP contribution in [0.15, 0.2) is 30.3 Å². The average molecular weight is 635 g/mol. The van der Waals surface area contributed by atoms with Crippen molar-refractivity contribution in [1.82, 2.24) is 26.4 Å². The molecule has 1 saturated carbocycles. The van der Waals surface area contributed by atoms with Crippen LogP contribution in [0.25, 0.3) is 0 Å². The van der Waals surface area contributed by atoms with E-state index in [4.69, 9.17) is 5.73 Å². The van der Waals surface area contributed by atoms with Gasteiger partial charge in [0.1, 0.15) is 12.1 Å². The highest BCUT2D eigenvalue weighted by molar-refractivity contribution is 7.15. The van der Waals surface area contributed by atoms with Crippen LogP contribution in [-0.2, 0) is 24.0 Å². The third kappa shape index (κ3) is 12.1. The van der Waals surface area contributed by atoms with Gasteiger partial charge in [-0.15, -0.1) is 0 Å². The molecule has 12 nitrogen and oxygen atoms in total. The van der Waals surface area contributed by atoms with Crippen LogP contribution in [0.1, 0.15) is 96.1 Å². The van der Waals surface area contributed by atoms with Crippen molar-refractivity contribution in [3.8, 4) is 0 Å². The van der Waals surface area contributed by atoms with E-state index in [0.717, 1.165) is 44.9 Å². The quantitative estimate of drug-likeness (QED) is 0.0939. The zero-order valence-electron chi connectivity index (χ0n) is 26.0. The van der Waals surface area contributed by atoms with Crippen LogP contribution in [0.5, 0.6) is 0 Å². The summed E-state index contributed by atoms with van der Waals surface area (Å²) in [6.07, 6.45) is 7.09. The maximum Gasteiger partial charge on any atom is 0.251 e. The second kappa shape index (κ2) is 20.0. The molecular weight excluding hydrogens is 583 g/mol. The first kappa shape index (κ1) is 37.1. The Kier molecular flexibility index (Phi) is 16.9. The molecule has 1 aliphatic rings. The Morgan fingerprint density at radius 2 is 1.55 bits per heavy atom. The molecule has 0 heterocycles. The first-order chi connectivity index (χ1) is 21.1. The smallest absolute Gasteiger partial charge is 0.251 e. The Morgan fingerprint density at radius 1 is 0.864 bits per heavy atom. The van der Waals surface area contributed by atoms with Crippen molar-refractivity contribution >= 4 is 38.9 Å². The van der Waals surface area contributed by atoms with Gasteiger partial charge in [0, 0.05) is 0 Å². The van der Waals surface area contributed by atoms with Crippen molar-refractivity contribution in [2.24, 2.45) is 11.7 Å². The summed E-state index contributed by atoms with van der Waals surface area (Å²) in [6, 6.07) is 5.12. The molecule has 1 aromatic rings. The average Bonchev–Trinajstić information content (AvgIpc) is 3.05. The lowest BCUT2D eigenvalue weighted by Crippen LogP contribution is -2.58. The summed E-state index contributed by atoms with van der Waals surface area (Å²) in [4.78, 5) is 64.2. The van der Waals surface area contributed by atoms with Crippen molar-refractivity contribution in [2.45, 2.75) is 115 Å². The van der Waals surface area contributed by atoms with E-state index in [1.54, 1.807) is 30.3 Å². The molecule has 5 amide bonds. The van der Waals surface area contributed by atoms with Gasteiger partial charge >= 0.3 is 0 Å². The van der Waals surface area contributed by atoms with Gasteiger partial charge in [0.2, 0.25) is 23.6 Å². The van der Waals surface area contributed by atoms with Gasteiger partial charge in [-0.2, -0.15) is 0 Å². The van der Waals surface area contributed by atoms with Gasteiger partial charge in [0.05, 0.1) is 18.6 Å². The second-order valence-corrected chi connectivity index (χ2v) is 11.8. The first-order valence-corrected chi connectivity index (χ1v) is 16.4. The zero-order chi connectivity index (χ0) is 32.5. The molecule has 3 unspecified atom stereocenters. The number of carbonyl (C=O) groups excluding carboxylic acids is 5. The van der Waals surface area contributed by atoms with Crippen molar-refractivity contribution in [1.29, 1.82) is 0 Å². The fourth-order valence-electron chi connectivity index (χ4n) is 5.44. The van der Waals surface area contributed by atoms with Crippen LogP contribution >= 0.6 is 9.39 Å². The highest BCUT2D eigenvalue weighted by Crippen LogP contribution is 2.26. The van der Waals surface area contributed by atoms with E-state index in [0.29, 0.717) is 24.8 Å². The van der Waals surface area contributed by atoms with E-state index in [2.05, 4.69) is 35.7 Å². The van der Waals surface area contributed by atoms with Gasteiger partial charge in [-0.3, -0.25) is 24.0 Å². The molecule has 0 bridgehead atoms. The van der Waals surface area contributed by atoms with Gasteiger partial charge in [0.25, 0.3) is 5.91 Å². The topological polar surface area (TPSA) is 192 Å². The van der Waals surface area contributed by atoms with Gasteiger partial charge < -0.3 is 37.2 Å². The van der Waals surface area contributed by atoms with Gasteiger partial charge in [-0.25, -0.2) is 0 Å². The number of unbranched alkanes of at least 4 members (excludes halogenated alkanes) is 2. The third-order valence-corrected chi connectivity index (χ3v) is 8.32. The Bertz CT molecular complexity index is 1070. The highest BCUT2D eigenvalue weighted by Gasteiger charge is 2.33. The van der Waals surface area contributed by atoms with Gasteiger partial charge in [0.15, 0.2) is 6.10 Å². The lowest BCUT2D eigenvalue weighted by Gasteiger charge is -2.29. The Morgan fingerprint density at radius 3 is 2.16 bits per heavy atom. The van der Waals surface area contributed by atoms with Crippen LogP contribution in [-0.4, -0.2) is 65.4 Å². The summed E-state index contributed by atoms with van der Waals surface area (Å²) >= 11 is 0. The van der Waals surface area contributed by atoms with Crippen LogP contribution in [0.3, 0.4) is 0 Å². The Labute approximate surface area is 263 Å². The fraction of sp³-hybridized carbons (Fsp3) is 0.645. The third-order valence-electron chi connectivity index (χ3n) is 8.03. The van der Waals surface area contributed by atoms with Crippen LogP contribution in [0.4, 0.5) is 0 Å². The van der Waals surface area contributed by atoms with E-state index >= 15 is 0 Å². The van der Waals surface area contributed by atoms with E-state index in [1.807, 2.05) is 13.8 Å². The number of benzene rings is 1. The molecule has 2 rings (SSSR count). The highest BCUT2D eigenvalue weighted by atomic mass is 31.0. The minimum atomic E-state index is -1.65. The van der Waals surface area contributed by atoms with Crippen molar-refractivity contribution in [3.05, 3.63) is 35.9 Å². The van der Waals surface area contributed by atoms with Gasteiger partial charge in [-0.05, 0) is 46.6 Å². The van der Waals surface area contributed by atoms with Crippen molar-refractivity contribution < 1.29 is 29.1 Å². The molecule has 0 saturated heterocycles. The molecule has 1 aliphatic carbocycles. The number of aliphatic hydroxyl groups excluding tert-OH is 1. The molecule has 1 fully saturated rings. The maximum absolute atomic E-state index is 13.4. The molecule has 44 heavy (non-hydrogen) atoms. The van der Waals surface area contributed by atoms with E-state index in [-0.39, 0.29) is 18.2 Å². The number of aliphatic hydroxyl groups is 1. The zero-order valence-corrected chi connectivity index (χ0v) is 27.1. The van der Waals surface area contributed by atoms with Crippen molar-refractivity contribution in [2.75, 3.05) is 6.54 Å². The number of hydrogen-bond acceptors (Lipinski definition) is 7. The van der Waals surface area contributed by atoms with Crippen molar-refractivity contribution in [3.63, 3.8) is 0 Å². The molecular formula is C31H51N6O6P. The van der Waals surface area contributed by atoms with E-state index in [1.165, 1.54) is 0 Å². The SMILES string of the molecule is CCCCC[C@H](NC(=O)[C@@H](N)C1CCCCC1)C(=O)NC(CCC)C(O)C(=O)NCC(=O)N[C@H](C(=O)NP)c1ccccc1. The number of rotatable bonds is 18. The molecule has 6 atom stereocenters. The molecule has 0 spiro atoms. The molecule has 0 aromatic heterocycles. The molecule has 13 heteroatoms. The lowest BCUT2D eigenvalue weighted by atomic mass is 9.84. The summed E-state index contributed by atoms with van der Waals surface area (Å²) < 4.78 is 0. The first-order valence-electron chi connectivity index (χ1n) is 15.8. The standard InChI is InChI=1S/C31H51N6O6P/c1-3-5-8-18-23(35-29(41)25(32)20-14-9-6-10-15-20)28(40)34-22(13-4-2)27(39)31(43)33-19-24(38)36-26(30(42)37-44)21-16-11-7-12-17-21/h7,11-12,16-17,20,22-23,25-27,39H,3-6,8-10,13-15,18-19,32,44H2,1-2H3,(H,33,43)(H,34,40)(H,35,41)(H,36,38)(H,37,42)/t22?,23-,25-,26-,27?/m0/s1. The monoisotopic (exact) mass is 634 g/mol. The van der Waals surface area contributed by atoms with Gasteiger partial charge in [-0.1, -0.05) is 89.1 Å². The predicted octanol–water partition coefficient (Wildman–Crippen LogP) is 1.48. The van der Waals surface area contributed by atoms with Crippen LogP contribution < -0.4 is 32.1 Å². The number of nitrogens with two attached hydrogens (primary N) is 1. The van der Waals surface area contributed by atoms with Crippen LogP contribution in [0.2, 0.25) is 0 Å². The molecule has 0 radical (unpaired) electrons. The van der Waals surface area contributed by atoms with E-state index in [9.17, 15) is 29.1 Å². The summed E-state index contributed by atoms with van der Waals surface area (Å²) in [5.74, 6) is -2.74. The molecule has 8 N–H and O–H groups in total. The number of hydrogen-bond donors (Lipinski definition) is 7. The lowest BCUT2D eigenvalue weighted by molar-refractivity contribution is -0.136. The predicted molar refractivity (Wildman–Crippen MR) is 172 cm³/mol. The summed E-state index contributed by atoms with van der Waals surface area (Å²) in [7, 11) is 2.09. The summed E-state index contributed by atoms with van der Waals surface area (Å²) in [5.41, 5.74) is 6.84. The number of carbonyl (C=O) groups is 5.